The van der Waals surface area contributed by atoms with Crippen LogP contribution in [0.15, 0.2) is 12.3 Å². The van der Waals surface area contributed by atoms with Gasteiger partial charge in [0.25, 0.3) is 0 Å². The highest BCUT2D eigenvalue weighted by Crippen LogP contribution is 2.14. The van der Waals surface area contributed by atoms with Crippen LogP contribution in [-0.2, 0) is 9.47 Å². The van der Waals surface area contributed by atoms with Crippen molar-refractivity contribution in [2.75, 3.05) is 44.6 Å². The van der Waals surface area contributed by atoms with Crippen molar-refractivity contribution < 1.29 is 9.47 Å². The first-order valence-corrected chi connectivity index (χ1v) is 5.52. The van der Waals surface area contributed by atoms with Gasteiger partial charge in [0.05, 0.1) is 19.3 Å². The zero-order valence-electron chi connectivity index (χ0n) is 10.6. The van der Waals surface area contributed by atoms with Crippen LogP contribution in [0.4, 0.5) is 11.8 Å². The van der Waals surface area contributed by atoms with Gasteiger partial charge in [-0.25, -0.2) is 4.98 Å². The molecule has 17 heavy (non-hydrogen) atoms. The first-order chi connectivity index (χ1) is 8.19. The normalized spacial score (nSPS) is 12.4. The Labute approximate surface area is 102 Å². The molecule has 0 aliphatic rings. The summed E-state index contributed by atoms with van der Waals surface area (Å²) in [5.74, 6) is 1.06. The summed E-state index contributed by atoms with van der Waals surface area (Å²) in [5, 5.41) is 0. The highest BCUT2D eigenvalue weighted by atomic mass is 16.5. The molecule has 0 bridgehead atoms. The molecule has 0 aliphatic heterocycles. The predicted octanol–water partition coefficient (Wildman–Crippen LogP) is 0.546. The summed E-state index contributed by atoms with van der Waals surface area (Å²) in [6, 6.07) is 2.03. The minimum atomic E-state index is 0.199. The van der Waals surface area contributed by atoms with E-state index in [-0.39, 0.29) is 12.0 Å². The van der Waals surface area contributed by atoms with Gasteiger partial charge < -0.3 is 20.1 Å². The van der Waals surface area contributed by atoms with Gasteiger partial charge in [0, 0.05) is 27.0 Å². The SMILES string of the molecule is COCCN(c1ccnc(N)n1)C(C)COC. The van der Waals surface area contributed by atoms with Crippen molar-refractivity contribution in [3.05, 3.63) is 12.3 Å². The molecule has 0 aromatic carbocycles. The van der Waals surface area contributed by atoms with Crippen molar-refractivity contribution in [2.24, 2.45) is 0 Å². The molecule has 1 heterocycles. The zero-order chi connectivity index (χ0) is 12.7. The Morgan fingerprint density at radius 1 is 1.41 bits per heavy atom. The first kappa shape index (κ1) is 13.7. The summed E-state index contributed by atoms with van der Waals surface area (Å²) >= 11 is 0. The van der Waals surface area contributed by atoms with Gasteiger partial charge in [0.1, 0.15) is 5.82 Å². The van der Waals surface area contributed by atoms with Gasteiger partial charge >= 0.3 is 0 Å². The van der Waals surface area contributed by atoms with Crippen LogP contribution in [0.1, 0.15) is 6.92 Å². The average Bonchev–Trinajstić information content (AvgIpc) is 2.30. The predicted molar refractivity (Wildman–Crippen MR) is 67.0 cm³/mol. The smallest absolute Gasteiger partial charge is 0.221 e. The van der Waals surface area contributed by atoms with Crippen LogP contribution in [0.25, 0.3) is 0 Å². The van der Waals surface area contributed by atoms with E-state index >= 15 is 0 Å². The van der Waals surface area contributed by atoms with E-state index in [2.05, 4.69) is 21.8 Å². The molecule has 1 rings (SSSR count). The lowest BCUT2D eigenvalue weighted by atomic mass is 10.3. The van der Waals surface area contributed by atoms with Crippen molar-refractivity contribution in [1.29, 1.82) is 0 Å². The molecule has 2 N–H and O–H groups in total. The largest absolute Gasteiger partial charge is 0.383 e. The lowest BCUT2D eigenvalue weighted by Crippen LogP contribution is -2.39. The second kappa shape index (κ2) is 7.03. The van der Waals surface area contributed by atoms with Crippen molar-refractivity contribution in [1.82, 2.24) is 9.97 Å². The lowest BCUT2D eigenvalue weighted by molar-refractivity contribution is 0.170. The summed E-state index contributed by atoms with van der Waals surface area (Å²) in [5.41, 5.74) is 5.59. The van der Waals surface area contributed by atoms with Crippen molar-refractivity contribution in [3.63, 3.8) is 0 Å². The van der Waals surface area contributed by atoms with E-state index in [4.69, 9.17) is 15.2 Å². The van der Waals surface area contributed by atoms with E-state index < -0.39 is 0 Å². The van der Waals surface area contributed by atoms with Crippen LogP contribution >= 0.6 is 0 Å². The van der Waals surface area contributed by atoms with Crippen molar-refractivity contribution in [3.8, 4) is 0 Å². The van der Waals surface area contributed by atoms with E-state index in [1.807, 2.05) is 6.07 Å². The highest BCUT2D eigenvalue weighted by molar-refractivity contribution is 5.41. The summed E-state index contributed by atoms with van der Waals surface area (Å²) < 4.78 is 10.3. The summed E-state index contributed by atoms with van der Waals surface area (Å²) in [4.78, 5) is 10.2. The molecule has 0 saturated carbocycles. The molecular weight excluding hydrogens is 220 g/mol. The van der Waals surface area contributed by atoms with Gasteiger partial charge in [-0.3, -0.25) is 0 Å². The number of hydrogen-bond acceptors (Lipinski definition) is 6. The third kappa shape index (κ3) is 4.16. The molecule has 6 heteroatoms. The number of rotatable bonds is 7. The van der Waals surface area contributed by atoms with Gasteiger partial charge in [-0.1, -0.05) is 0 Å². The molecule has 0 amide bonds. The number of nitrogen functional groups attached to an aromatic ring is 1. The minimum absolute atomic E-state index is 0.199. The fraction of sp³-hybridized carbons (Fsp3) is 0.636. The van der Waals surface area contributed by atoms with Crippen LogP contribution in [0.2, 0.25) is 0 Å². The topological polar surface area (TPSA) is 73.5 Å². The van der Waals surface area contributed by atoms with Crippen LogP contribution in [-0.4, -0.2) is 50.0 Å². The van der Waals surface area contributed by atoms with E-state index in [9.17, 15) is 0 Å². The molecule has 1 aromatic rings. The molecule has 0 fully saturated rings. The van der Waals surface area contributed by atoms with Gasteiger partial charge in [0.15, 0.2) is 0 Å². The maximum atomic E-state index is 5.59. The standard InChI is InChI=1S/C11H20N4O2/c1-9(8-17-3)15(6-7-16-2)10-4-5-13-11(12)14-10/h4-5,9H,6-8H2,1-3H3,(H2,12,13,14). The van der Waals surface area contributed by atoms with Crippen LogP contribution in [0.3, 0.4) is 0 Å². The summed E-state index contributed by atoms with van der Waals surface area (Å²) in [6.07, 6.45) is 1.65. The van der Waals surface area contributed by atoms with E-state index in [1.54, 1.807) is 20.4 Å². The number of methoxy groups -OCH3 is 2. The third-order valence-corrected chi connectivity index (χ3v) is 2.43. The molecule has 0 aliphatic carbocycles. The second-order valence-corrected chi connectivity index (χ2v) is 3.76. The second-order valence-electron chi connectivity index (χ2n) is 3.76. The van der Waals surface area contributed by atoms with Crippen molar-refractivity contribution in [2.45, 2.75) is 13.0 Å². The molecule has 1 unspecified atom stereocenters. The molecule has 6 nitrogen and oxygen atoms in total. The maximum absolute atomic E-state index is 5.59. The number of ether oxygens (including phenoxy) is 2. The van der Waals surface area contributed by atoms with Crippen LogP contribution in [0.5, 0.6) is 0 Å². The number of hydrogen-bond donors (Lipinski definition) is 1. The Morgan fingerprint density at radius 2 is 2.18 bits per heavy atom. The van der Waals surface area contributed by atoms with E-state index in [0.717, 1.165) is 12.4 Å². The number of nitrogens with zero attached hydrogens (tertiary/aromatic N) is 3. The average molecular weight is 240 g/mol. The fourth-order valence-corrected chi connectivity index (χ4v) is 1.61. The molecule has 0 radical (unpaired) electrons. The lowest BCUT2D eigenvalue weighted by Gasteiger charge is -2.29. The van der Waals surface area contributed by atoms with Crippen molar-refractivity contribution >= 4 is 11.8 Å². The Bertz CT molecular complexity index is 335. The quantitative estimate of drug-likeness (QED) is 0.750. The Hall–Kier alpha value is -1.40. The summed E-state index contributed by atoms with van der Waals surface area (Å²) in [6.45, 7) is 4.04. The zero-order valence-corrected chi connectivity index (χ0v) is 10.6. The van der Waals surface area contributed by atoms with Crippen LogP contribution in [0, 0.1) is 0 Å². The molecular formula is C11H20N4O2. The number of aromatic nitrogens is 2. The third-order valence-electron chi connectivity index (χ3n) is 2.43. The monoisotopic (exact) mass is 240 g/mol. The Kier molecular flexibility index (Phi) is 5.65. The van der Waals surface area contributed by atoms with Gasteiger partial charge in [0.2, 0.25) is 5.95 Å². The number of nitrogens with two attached hydrogens (primary N) is 1. The van der Waals surface area contributed by atoms with Gasteiger partial charge in [-0.15, -0.1) is 0 Å². The molecule has 0 spiro atoms. The minimum Gasteiger partial charge on any atom is -0.383 e. The first-order valence-electron chi connectivity index (χ1n) is 5.52. The fourth-order valence-electron chi connectivity index (χ4n) is 1.61. The Morgan fingerprint density at radius 3 is 2.76 bits per heavy atom. The summed E-state index contributed by atoms with van der Waals surface area (Å²) in [7, 11) is 3.35. The van der Waals surface area contributed by atoms with E-state index in [0.29, 0.717) is 13.2 Å². The van der Waals surface area contributed by atoms with Crippen LogP contribution < -0.4 is 10.6 Å². The van der Waals surface area contributed by atoms with Gasteiger partial charge in [-0.2, -0.15) is 4.98 Å². The maximum Gasteiger partial charge on any atom is 0.221 e. The molecule has 1 aromatic heterocycles. The molecule has 96 valence electrons. The molecule has 0 saturated heterocycles. The van der Waals surface area contributed by atoms with Gasteiger partial charge in [-0.05, 0) is 13.0 Å². The number of anilines is 2. The highest BCUT2D eigenvalue weighted by Gasteiger charge is 2.15. The molecule has 1 atom stereocenters. The Balaban J connectivity index is 2.81. The van der Waals surface area contributed by atoms with E-state index in [1.165, 1.54) is 0 Å².